The van der Waals surface area contributed by atoms with Crippen LogP contribution in [0.1, 0.15) is 11.1 Å². The summed E-state index contributed by atoms with van der Waals surface area (Å²) in [6.07, 6.45) is 1.73. The Balaban J connectivity index is 1.70. The summed E-state index contributed by atoms with van der Waals surface area (Å²) in [4.78, 5) is 21.9. The number of imidazole rings is 1. The molecule has 0 aliphatic heterocycles. The Labute approximate surface area is 157 Å². The van der Waals surface area contributed by atoms with Gasteiger partial charge in [-0.05, 0) is 55.3 Å². The van der Waals surface area contributed by atoms with E-state index in [0.29, 0.717) is 5.82 Å². The first kappa shape index (κ1) is 17.0. The third-order valence-corrected chi connectivity index (χ3v) is 4.73. The molecule has 0 radical (unpaired) electrons. The molecule has 1 amide bonds. The van der Waals surface area contributed by atoms with Crippen molar-refractivity contribution in [2.75, 3.05) is 5.32 Å². The fourth-order valence-electron chi connectivity index (χ4n) is 3.15. The largest absolute Gasteiger partial charge is 0.324 e. The van der Waals surface area contributed by atoms with Crippen LogP contribution in [0.5, 0.6) is 0 Å². The number of amides is 1. The van der Waals surface area contributed by atoms with Gasteiger partial charge in [-0.3, -0.25) is 9.78 Å². The highest BCUT2D eigenvalue weighted by atomic mass is 16.1. The van der Waals surface area contributed by atoms with Crippen LogP contribution >= 0.6 is 0 Å². The molecule has 0 saturated carbocycles. The monoisotopic (exact) mass is 356 g/mol. The molecule has 2 aromatic carbocycles. The maximum atomic E-state index is 12.8. The van der Waals surface area contributed by atoms with Crippen molar-refractivity contribution >= 4 is 22.6 Å². The summed E-state index contributed by atoms with van der Waals surface area (Å²) in [5.74, 6) is 0.594. The number of fused-ring (bicyclic) bond motifs is 1. The minimum absolute atomic E-state index is 0.0935. The highest BCUT2D eigenvalue weighted by Gasteiger charge is 2.16. The van der Waals surface area contributed by atoms with Gasteiger partial charge in [0.05, 0.1) is 11.0 Å². The van der Waals surface area contributed by atoms with E-state index in [1.807, 2.05) is 79.1 Å². The van der Waals surface area contributed by atoms with E-state index >= 15 is 0 Å². The van der Waals surface area contributed by atoms with Crippen molar-refractivity contribution in [2.24, 2.45) is 0 Å². The van der Waals surface area contributed by atoms with Crippen LogP contribution in [0.4, 0.5) is 5.69 Å². The molecule has 0 bridgehead atoms. The average molecular weight is 356 g/mol. The molecule has 0 aliphatic carbocycles. The normalized spacial score (nSPS) is 10.9. The predicted octanol–water partition coefficient (Wildman–Crippen LogP) is 4.35. The molecule has 0 spiro atoms. The smallest absolute Gasteiger partial charge is 0.244 e. The van der Waals surface area contributed by atoms with Gasteiger partial charge in [0.25, 0.3) is 0 Å². The maximum Gasteiger partial charge on any atom is 0.244 e. The maximum absolute atomic E-state index is 12.8. The van der Waals surface area contributed by atoms with E-state index in [9.17, 15) is 4.79 Å². The Hall–Kier alpha value is -3.47. The van der Waals surface area contributed by atoms with Gasteiger partial charge in [0.15, 0.2) is 5.82 Å². The molecular formula is C22H20N4O. The van der Waals surface area contributed by atoms with Crippen molar-refractivity contribution in [1.29, 1.82) is 0 Å². The molecule has 27 heavy (non-hydrogen) atoms. The zero-order valence-electron chi connectivity index (χ0n) is 15.3. The first-order chi connectivity index (χ1) is 13.1. The minimum atomic E-state index is -0.0935. The first-order valence-corrected chi connectivity index (χ1v) is 8.86. The number of pyridine rings is 1. The number of anilines is 1. The van der Waals surface area contributed by atoms with Crippen LogP contribution in [0.3, 0.4) is 0 Å². The van der Waals surface area contributed by atoms with E-state index in [-0.39, 0.29) is 12.5 Å². The highest BCUT2D eigenvalue weighted by Crippen LogP contribution is 2.24. The Morgan fingerprint density at radius 1 is 1.00 bits per heavy atom. The summed E-state index contributed by atoms with van der Waals surface area (Å²) in [6, 6.07) is 19.4. The van der Waals surface area contributed by atoms with Crippen LogP contribution in [0.25, 0.3) is 22.6 Å². The zero-order chi connectivity index (χ0) is 18.8. The Morgan fingerprint density at radius 2 is 1.81 bits per heavy atom. The number of carbonyl (C=O) groups is 1. The number of nitrogens with zero attached hydrogens (tertiary/aromatic N) is 3. The minimum Gasteiger partial charge on any atom is -0.324 e. The van der Waals surface area contributed by atoms with Crippen molar-refractivity contribution in [3.63, 3.8) is 0 Å². The average Bonchev–Trinajstić information content (AvgIpc) is 3.05. The lowest BCUT2D eigenvalue weighted by Gasteiger charge is -2.12. The fourth-order valence-corrected chi connectivity index (χ4v) is 3.15. The van der Waals surface area contributed by atoms with Gasteiger partial charge in [0.2, 0.25) is 5.91 Å². The van der Waals surface area contributed by atoms with Crippen molar-refractivity contribution in [1.82, 2.24) is 14.5 Å². The van der Waals surface area contributed by atoms with E-state index in [1.54, 1.807) is 6.20 Å². The quantitative estimate of drug-likeness (QED) is 0.591. The number of aryl methyl sites for hydroxylation is 1. The second kappa shape index (κ2) is 7.03. The van der Waals surface area contributed by atoms with Crippen LogP contribution in [0.2, 0.25) is 0 Å². The topological polar surface area (TPSA) is 59.8 Å². The van der Waals surface area contributed by atoms with Crippen LogP contribution in [-0.2, 0) is 11.3 Å². The molecule has 4 aromatic rings. The summed E-state index contributed by atoms with van der Waals surface area (Å²) >= 11 is 0. The lowest BCUT2D eigenvalue weighted by Crippen LogP contribution is -2.20. The second-order valence-electron chi connectivity index (χ2n) is 6.52. The molecule has 0 aliphatic rings. The molecule has 0 fully saturated rings. The van der Waals surface area contributed by atoms with Crippen molar-refractivity contribution in [3.8, 4) is 11.5 Å². The number of para-hydroxylation sites is 2. The molecule has 1 N–H and O–H groups in total. The second-order valence-corrected chi connectivity index (χ2v) is 6.52. The van der Waals surface area contributed by atoms with E-state index in [2.05, 4.69) is 10.3 Å². The first-order valence-electron chi connectivity index (χ1n) is 8.86. The van der Waals surface area contributed by atoms with Crippen LogP contribution in [0.15, 0.2) is 66.9 Å². The van der Waals surface area contributed by atoms with Crippen molar-refractivity contribution in [3.05, 3.63) is 78.0 Å². The third kappa shape index (κ3) is 3.31. The molecular weight excluding hydrogens is 336 g/mol. The third-order valence-electron chi connectivity index (χ3n) is 4.73. The number of nitrogens with one attached hydrogen (secondary N) is 1. The lowest BCUT2D eigenvalue weighted by atomic mass is 10.1. The number of hydrogen-bond donors (Lipinski definition) is 1. The molecule has 0 atom stereocenters. The molecule has 5 nitrogen and oxygen atoms in total. The van der Waals surface area contributed by atoms with Gasteiger partial charge in [0, 0.05) is 11.9 Å². The molecule has 2 heterocycles. The highest BCUT2D eigenvalue weighted by molar-refractivity contribution is 5.93. The standard InChI is InChI=1S/C22H20N4O/c1-15-8-7-11-17(16(15)2)24-21(27)14-26-20-12-4-3-9-18(20)25-22(26)19-10-5-6-13-23-19/h3-13H,14H2,1-2H3,(H,24,27). The number of carbonyl (C=O) groups excluding carboxylic acids is 1. The Bertz CT molecular complexity index is 1120. The SMILES string of the molecule is Cc1cccc(NC(=O)Cn2c(-c3ccccn3)nc3ccccc32)c1C. The number of aromatic nitrogens is 3. The van der Waals surface area contributed by atoms with E-state index in [0.717, 1.165) is 33.5 Å². The zero-order valence-corrected chi connectivity index (χ0v) is 15.3. The summed E-state index contributed by atoms with van der Waals surface area (Å²) < 4.78 is 1.91. The van der Waals surface area contributed by atoms with E-state index in [4.69, 9.17) is 4.98 Å². The molecule has 0 unspecified atom stereocenters. The Morgan fingerprint density at radius 3 is 2.63 bits per heavy atom. The Kier molecular flexibility index (Phi) is 4.42. The van der Waals surface area contributed by atoms with Gasteiger partial charge < -0.3 is 9.88 Å². The van der Waals surface area contributed by atoms with Gasteiger partial charge in [0.1, 0.15) is 12.2 Å². The van der Waals surface area contributed by atoms with E-state index in [1.165, 1.54) is 0 Å². The van der Waals surface area contributed by atoms with Crippen LogP contribution in [-0.4, -0.2) is 20.4 Å². The lowest BCUT2D eigenvalue weighted by molar-refractivity contribution is -0.116. The van der Waals surface area contributed by atoms with Crippen LogP contribution < -0.4 is 5.32 Å². The predicted molar refractivity (Wildman–Crippen MR) is 108 cm³/mol. The van der Waals surface area contributed by atoms with E-state index < -0.39 is 0 Å². The summed E-state index contributed by atoms with van der Waals surface area (Å²) in [5, 5.41) is 3.02. The number of benzene rings is 2. The number of rotatable bonds is 4. The fraction of sp³-hybridized carbons (Fsp3) is 0.136. The van der Waals surface area contributed by atoms with Gasteiger partial charge in [-0.1, -0.05) is 30.3 Å². The van der Waals surface area contributed by atoms with Gasteiger partial charge in [-0.2, -0.15) is 0 Å². The molecule has 5 heteroatoms. The summed E-state index contributed by atoms with van der Waals surface area (Å²) in [5.41, 5.74) is 5.56. The van der Waals surface area contributed by atoms with Crippen molar-refractivity contribution < 1.29 is 4.79 Å². The molecule has 0 saturated heterocycles. The molecule has 2 aromatic heterocycles. The van der Waals surface area contributed by atoms with Gasteiger partial charge >= 0.3 is 0 Å². The van der Waals surface area contributed by atoms with Gasteiger partial charge in [-0.15, -0.1) is 0 Å². The van der Waals surface area contributed by atoms with Gasteiger partial charge in [-0.25, -0.2) is 4.98 Å². The van der Waals surface area contributed by atoms with Crippen LogP contribution in [0, 0.1) is 13.8 Å². The summed E-state index contributed by atoms with van der Waals surface area (Å²) in [7, 11) is 0. The summed E-state index contributed by atoms with van der Waals surface area (Å²) in [6.45, 7) is 4.21. The van der Waals surface area contributed by atoms with Crippen molar-refractivity contribution in [2.45, 2.75) is 20.4 Å². The molecule has 4 rings (SSSR count). The number of hydrogen-bond acceptors (Lipinski definition) is 3. The molecule has 134 valence electrons.